The van der Waals surface area contributed by atoms with Gasteiger partial charge in [0, 0.05) is 0 Å². The largest absolute Gasteiger partial charge is 0.480 e. The zero-order valence-corrected chi connectivity index (χ0v) is 9.64. The van der Waals surface area contributed by atoms with E-state index in [1.165, 1.54) is 13.8 Å². The molecule has 0 aliphatic rings. The molecule has 0 aliphatic carbocycles. The first-order chi connectivity index (χ1) is 7.12. The quantitative estimate of drug-likeness (QED) is 0.407. The topological polar surface area (TPSA) is 153 Å². The van der Waals surface area contributed by atoms with Gasteiger partial charge < -0.3 is 27.4 Å². The fourth-order valence-corrected chi connectivity index (χ4v) is 0.461. The van der Waals surface area contributed by atoms with Crippen molar-refractivity contribution >= 4 is 11.9 Å². The summed E-state index contributed by atoms with van der Waals surface area (Å²) in [6, 6.07) is -0.742. The molecule has 0 aromatic carbocycles. The van der Waals surface area contributed by atoms with Crippen molar-refractivity contribution < 1.29 is 19.8 Å². The van der Waals surface area contributed by atoms with E-state index in [4.69, 9.17) is 27.4 Å². The number of carbonyl (C=O) groups is 2. The van der Waals surface area contributed by atoms with Crippen molar-refractivity contribution in [2.75, 3.05) is 6.54 Å². The summed E-state index contributed by atoms with van der Waals surface area (Å²) in [5, 5.41) is 16.4. The van der Waals surface area contributed by atoms with E-state index in [-0.39, 0.29) is 0 Å². The summed E-state index contributed by atoms with van der Waals surface area (Å²) in [4.78, 5) is 19.9. The summed E-state index contributed by atoms with van der Waals surface area (Å²) in [6.07, 6.45) is 1.14. The Labute approximate surface area is 94.6 Å². The van der Waals surface area contributed by atoms with Crippen LogP contribution in [0.1, 0.15) is 26.7 Å². The van der Waals surface area contributed by atoms with Crippen LogP contribution in [-0.4, -0.2) is 40.3 Å². The normalized spacial score (nSPS) is 12.3. The predicted octanol–water partition coefficient (Wildman–Crippen LogP) is -1.05. The van der Waals surface area contributed by atoms with E-state index in [1.807, 2.05) is 0 Å². The molecule has 0 fully saturated rings. The number of rotatable bonds is 5. The van der Waals surface area contributed by atoms with Crippen molar-refractivity contribution in [1.29, 1.82) is 0 Å². The minimum absolute atomic E-state index is 0.464. The highest BCUT2D eigenvalue weighted by atomic mass is 16.4. The van der Waals surface area contributed by atoms with Gasteiger partial charge in [-0.15, -0.1) is 0 Å². The van der Waals surface area contributed by atoms with E-state index in [9.17, 15) is 9.59 Å². The first-order valence-corrected chi connectivity index (χ1v) is 4.83. The van der Waals surface area contributed by atoms with E-state index in [2.05, 4.69) is 0 Å². The second-order valence-electron chi connectivity index (χ2n) is 3.90. The minimum atomic E-state index is -1.08. The third-order valence-corrected chi connectivity index (χ3v) is 1.59. The van der Waals surface area contributed by atoms with Crippen molar-refractivity contribution in [3.8, 4) is 0 Å². The van der Waals surface area contributed by atoms with E-state index in [0.29, 0.717) is 19.4 Å². The number of hydrogen-bond acceptors (Lipinski definition) is 5. The van der Waals surface area contributed by atoms with Crippen LogP contribution in [0, 0.1) is 0 Å². The molecule has 8 N–H and O–H groups in total. The van der Waals surface area contributed by atoms with E-state index < -0.39 is 23.5 Å². The number of carboxylic acids is 2. The summed E-state index contributed by atoms with van der Waals surface area (Å²) >= 11 is 0. The Hall–Kier alpha value is -1.18. The molecule has 0 saturated heterocycles. The van der Waals surface area contributed by atoms with Gasteiger partial charge in [0.15, 0.2) is 0 Å². The average Bonchev–Trinajstić information content (AvgIpc) is 2.13. The fraction of sp³-hybridized carbons (Fsp3) is 0.778. The van der Waals surface area contributed by atoms with Crippen LogP contribution in [0.4, 0.5) is 0 Å². The Bertz CT molecular complexity index is 225. The van der Waals surface area contributed by atoms with Crippen LogP contribution in [0.15, 0.2) is 0 Å². The molecule has 0 bridgehead atoms. The number of aliphatic carboxylic acids is 2. The highest BCUT2D eigenvalue weighted by molar-refractivity contribution is 5.77. The van der Waals surface area contributed by atoms with Crippen LogP contribution >= 0.6 is 0 Å². The van der Waals surface area contributed by atoms with Gasteiger partial charge in [-0.2, -0.15) is 0 Å². The molecule has 16 heavy (non-hydrogen) atoms. The molecule has 0 radical (unpaired) electrons. The van der Waals surface area contributed by atoms with Crippen molar-refractivity contribution in [3.05, 3.63) is 0 Å². The molecule has 0 aliphatic heterocycles. The molecule has 96 valence electrons. The summed E-state index contributed by atoms with van der Waals surface area (Å²) in [7, 11) is 0. The van der Waals surface area contributed by atoms with Gasteiger partial charge in [-0.25, -0.2) is 0 Å². The van der Waals surface area contributed by atoms with E-state index >= 15 is 0 Å². The molecule has 7 heteroatoms. The molecule has 1 atom stereocenters. The lowest BCUT2D eigenvalue weighted by Gasteiger charge is -2.09. The second-order valence-corrected chi connectivity index (χ2v) is 3.90. The third kappa shape index (κ3) is 10.9. The Morgan fingerprint density at radius 1 is 1.31 bits per heavy atom. The van der Waals surface area contributed by atoms with Crippen LogP contribution < -0.4 is 17.2 Å². The lowest BCUT2D eigenvalue weighted by atomic mass is 10.1. The molecule has 7 nitrogen and oxygen atoms in total. The number of hydrogen-bond donors (Lipinski definition) is 5. The van der Waals surface area contributed by atoms with Gasteiger partial charge in [-0.05, 0) is 33.2 Å². The molecular weight excluding hydrogens is 214 g/mol. The molecule has 0 aromatic rings. The van der Waals surface area contributed by atoms with E-state index in [0.717, 1.165) is 0 Å². The van der Waals surface area contributed by atoms with Gasteiger partial charge in [-0.1, -0.05) is 0 Å². The zero-order chi connectivity index (χ0) is 13.4. The third-order valence-electron chi connectivity index (χ3n) is 1.59. The van der Waals surface area contributed by atoms with Crippen molar-refractivity contribution in [3.63, 3.8) is 0 Å². The summed E-state index contributed by atoms with van der Waals surface area (Å²) in [5.41, 5.74) is 14.3. The van der Waals surface area contributed by atoms with Crippen molar-refractivity contribution in [1.82, 2.24) is 0 Å². The van der Waals surface area contributed by atoms with Gasteiger partial charge in [0.1, 0.15) is 11.6 Å². The zero-order valence-electron chi connectivity index (χ0n) is 9.64. The highest BCUT2D eigenvalue weighted by Gasteiger charge is 2.19. The lowest BCUT2D eigenvalue weighted by molar-refractivity contribution is -0.142. The number of nitrogens with two attached hydrogens (primary N) is 3. The monoisotopic (exact) mass is 235 g/mol. The molecule has 0 saturated carbocycles. The summed E-state index contributed by atoms with van der Waals surface area (Å²) < 4.78 is 0. The van der Waals surface area contributed by atoms with Gasteiger partial charge in [0.05, 0.1) is 0 Å². The fourth-order valence-electron chi connectivity index (χ4n) is 0.461. The molecule has 0 spiro atoms. The van der Waals surface area contributed by atoms with Gasteiger partial charge in [-0.3, -0.25) is 9.59 Å². The molecular formula is C9H21N3O4. The van der Waals surface area contributed by atoms with Crippen LogP contribution in [0.5, 0.6) is 0 Å². The summed E-state index contributed by atoms with van der Waals surface area (Å²) in [6.45, 7) is 3.38. The van der Waals surface area contributed by atoms with Crippen molar-refractivity contribution in [2.45, 2.75) is 38.3 Å². The standard InChI is InChI=1S/C5H12N2O2.C4H9NO2/c6-3-1-2-4(7)5(8)9;1-4(2,5)3(6)7/h4H,1-3,6-7H2,(H,8,9);5H2,1-2H3,(H,6,7)/t4-;/m0./s1. The number of carboxylic acid groups (broad SMARTS) is 2. The maximum absolute atomic E-state index is 10.0. The van der Waals surface area contributed by atoms with Crippen LogP contribution in [-0.2, 0) is 9.59 Å². The maximum atomic E-state index is 10.0. The summed E-state index contributed by atoms with van der Waals surface area (Å²) in [5.74, 6) is -1.93. The van der Waals surface area contributed by atoms with Crippen LogP contribution in [0.2, 0.25) is 0 Å². The Kier molecular flexibility index (Phi) is 8.64. The maximum Gasteiger partial charge on any atom is 0.323 e. The first-order valence-electron chi connectivity index (χ1n) is 4.83. The SMILES string of the molecule is CC(C)(N)C(=O)O.NCCC[C@H](N)C(=O)O. The second kappa shape index (κ2) is 8.03. The predicted molar refractivity (Wildman–Crippen MR) is 59.8 cm³/mol. The van der Waals surface area contributed by atoms with Gasteiger partial charge in [0.25, 0.3) is 0 Å². The Balaban J connectivity index is 0. The average molecular weight is 235 g/mol. The van der Waals surface area contributed by atoms with Crippen LogP contribution in [0.3, 0.4) is 0 Å². The van der Waals surface area contributed by atoms with Crippen LogP contribution in [0.25, 0.3) is 0 Å². The molecule has 0 amide bonds. The minimum Gasteiger partial charge on any atom is -0.480 e. The molecule has 0 unspecified atom stereocenters. The van der Waals surface area contributed by atoms with Gasteiger partial charge in [0.2, 0.25) is 0 Å². The lowest BCUT2D eigenvalue weighted by Crippen LogP contribution is -2.41. The van der Waals surface area contributed by atoms with Gasteiger partial charge >= 0.3 is 11.9 Å². The smallest absolute Gasteiger partial charge is 0.323 e. The van der Waals surface area contributed by atoms with E-state index in [1.54, 1.807) is 0 Å². The highest BCUT2D eigenvalue weighted by Crippen LogP contribution is 1.93. The Morgan fingerprint density at radius 2 is 1.69 bits per heavy atom. The molecule has 0 aromatic heterocycles. The molecule has 0 heterocycles. The van der Waals surface area contributed by atoms with Crippen molar-refractivity contribution in [2.24, 2.45) is 17.2 Å². The Morgan fingerprint density at radius 3 is 1.88 bits per heavy atom. The molecule has 0 rings (SSSR count). The first kappa shape index (κ1) is 17.2.